The zero-order chi connectivity index (χ0) is 28.6. The van der Waals surface area contributed by atoms with Gasteiger partial charge < -0.3 is 20.1 Å². The molecular weight excluding hydrogens is 507 g/mol. The molecule has 1 saturated heterocycles. The molecule has 0 bridgehead atoms. The number of ether oxygens (including phenoxy) is 1. The van der Waals surface area contributed by atoms with Crippen LogP contribution in [0, 0.1) is 11.7 Å². The maximum Gasteiger partial charge on any atom is 0.325 e. The van der Waals surface area contributed by atoms with Crippen LogP contribution in [0.4, 0.5) is 10.2 Å². The number of aryl methyl sites for hydroxylation is 2. The van der Waals surface area contributed by atoms with Crippen molar-refractivity contribution in [3.8, 4) is 5.75 Å². The number of aromatic nitrogens is 1. The molecule has 1 aromatic heterocycles. The predicted molar refractivity (Wildman–Crippen MR) is 158 cm³/mol. The van der Waals surface area contributed by atoms with Gasteiger partial charge in [0, 0.05) is 30.9 Å². The number of halogens is 1. The molecule has 0 saturated carbocycles. The number of rotatable bonds is 14. The monoisotopic (exact) mass is 554 g/mol. The van der Waals surface area contributed by atoms with E-state index >= 15 is 4.39 Å². The molecule has 2 aromatic rings. The molecule has 7 nitrogen and oxygen atoms in total. The molecule has 8 heteroatoms. The van der Waals surface area contributed by atoms with Crippen molar-refractivity contribution in [1.82, 2.24) is 14.8 Å². The average molecular weight is 555 g/mol. The van der Waals surface area contributed by atoms with Crippen LogP contribution in [0.15, 0.2) is 24.3 Å². The number of fused-ring (bicyclic) bond motifs is 1. The Labute approximate surface area is 239 Å². The number of carbonyl (C=O) groups is 1. The molecule has 3 heterocycles. The first kappa shape index (κ1) is 30.3. The van der Waals surface area contributed by atoms with E-state index in [1.54, 1.807) is 6.92 Å². The quantitative estimate of drug-likeness (QED) is 0.282. The molecule has 2 atom stereocenters. The Kier molecular flexibility index (Phi) is 10.8. The lowest BCUT2D eigenvalue weighted by Crippen LogP contribution is -2.34. The van der Waals surface area contributed by atoms with E-state index in [2.05, 4.69) is 29.4 Å². The van der Waals surface area contributed by atoms with Gasteiger partial charge in [0.2, 0.25) is 0 Å². The van der Waals surface area contributed by atoms with Crippen molar-refractivity contribution in [3.05, 3.63) is 52.5 Å². The van der Waals surface area contributed by atoms with Crippen molar-refractivity contribution in [2.75, 3.05) is 51.7 Å². The van der Waals surface area contributed by atoms with E-state index in [4.69, 9.17) is 9.72 Å². The second-order valence-electron chi connectivity index (χ2n) is 11.8. The number of nitrogens with zero attached hydrogens (tertiary/aromatic N) is 3. The van der Waals surface area contributed by atoms with Gasteiger partial charge in [-0.05, 0) is 107 Å². The Morgan fingerprint density at radius 3 is 2.85 bits per heavy atom. The van der Waals surface area contributed by atoms with Crippen LogP contribution in [0.5, 0.6) is 5.75 Å². The van der Waals surface area contributed by atoms with Crippen molar-refractivity contribution in [2.45, 2.75) is 77.7 Å². The van der Waals surface area contributed by atoms with Gasteiger partial charge in [-0.1, -0.05) is 26.3 Å². The fourth-order valence-corrected chi connectivity index (χ4v) is 6.11. The average Bonchev–Trinajstić information content (AvgIpc) is 3.37. The summed E-state index contributed by atoms with van der Waals surface area (Å²) in [4.78, 5) is 21.7. The Hall–Kier alpha value is -2.71. The molecule has 0 aliphatic carbocycles. The highest BCUT2D eigenvalue weighted by Gasteiger charge is 2.36. The van der Waals surface area contributed by atoms with Crippen LogP contribution in [0.1, 0.15) is 87.2 Å². The van der Waals surface area contributed by atoms with Gasteiger partial charge >= 0.3 is 5.97 Å². The third-order valence-electron chi connectivity index (χ3n) is 8.26. The van der Waals surface area contributed by atoms with Crippen molar-refractivity contribution in [1.29, 1.82) is 0 Å². The second kappa shape index (κ2) is 14.3. The molecule has 1 unspecified atom stereocenters. The minimum atomic E-state index is -0.959. The topological polar surface area (TPSA) is 77.9 Å². The number of pyridine rings is 1. The van der Waals surface area contributed by atoms with Gasteiger partial charge in [-0.15, -0.1) is 0 Å². The number of carboxylic acids is 1. The highest BCUT2D eigenvalue weighted by atomic mass is 19.1. The van der Waals surface area contributed by atoms with Crippen molar-refractivity contribution in [2.24, 2.45) is 5.92 Å². The number of carboxylic acid groups (broad SMARTS) is 1. The number of unbranched alkanes of at least 4 members (excludes halogenated alkanes) is 2. The van der Waals surface area contributed by atoms with E-state index in [1.165, 1.54) is 23.7 Å². The predicted octanol–water partition coefficient (Wildman–Crippen LogP) is 5.89. The zero-order valence-electron chi connectivity index (χ0n) is 24.7. The number of anilines is 1. The molecule has 220 valence electrons. The fourth-order valence-electron chi connectivity index (χ4n) is 6.11. The fraction of sp³-hybridized carbons (Fsp3) is 0.625. The zero-order valence-corrected chi connectivity index (χ0v) is 24.7. The summed E-state index contributed by atoms with van der Waals surface area (Å²) < 4.78 is 20.6. The van der Waals surface area contributed by atoms with Gasteiger partial charge in [-0.25, -0.2) is 9.37 Å². The molecule has 4 rings (SSSR count). The van der Waals surface area contributed by atoms with Gasteiger partial charge in [-0.3, -0.25) is 9.69 Å². The summed E-state index contributed by atoms with van der Waals surface area (Å²) in [7, 11) is 2.16. The molecule has 1 aromatic carbocycles. The summed E-state index contributed by atoms with van der Waals surface area (Å²) in [5.74, 6) is 0.175. The van der Waals surface area contributed by atoms with E-state index in [0.717, 1.165) is 69.5 Å². The highest BCUT2D eigenvalue weighted by Crippen LogP contribution is 2.37. The minimum absolute atomic E-state index is 0.0710. The molecule has 2 aliphatic heterocycles. The molecule has 40 heavy (non-hydrogen) atoms. The summed E-state index contributed by atoms with van der Waals surface area (Å²) in [5, 5.41) is 13.7. The van der Waals surface area contributed by atoms with Crippen LogP contribution >= 0.6 is 0 Å². The number of benzene rings is 1. The number of likely N-dealkylation sites (tertiary alicyclic amines) is 1. The summed E-state index contributed by atoms with van der Waals surface area (Å²) in [6, 6.07) is 6.79. The molecule has 1 fully saturated rings. The van der Waals surface area contributed by atoms with E-state index in [1.807, 2.05) is 24.8 Å². The number of hydrogen-bond acceptors (Lipinski definition) is 6. The first-order valence-corrected chi connectivity index (χ1v) is 15.1. The molecule has 2 N–H and O–H groups in total. The van der Waals surface area contributed by atoms with Gasteiger partial charge in [0.25, 0.3) is 0 Å². The summed E-state index contributed by atoms with van der Waals surface area (Å²) in [6.45, 7) is 10.4. The normalized spacial score (nSPS) is 18.1. The number of hydrogen-bond donors (Lipinski definition) is 2. The molecule has 2 aliphatic rings. The Morgan fingerprint density at radius 2 is 2.10 bits per heavy atom. The van der Waals surface area contributed by atoms with Crippen LogP contribution in [-0.4, -0.2) is 72.2 Å². The van der Waals surface area contributed by atoms with Gasteiger partial charge in [0.15, 0.2) is 11.6 Å². The summed E-state index contributed by atoms with van der Waals surface area (Å²) >= 11 is 0. The standard InChI is InChI=1S/C32H47FN4O3/c1-5-40-30-27(18-25(22(2)3)19-28(30)33)29(32(38)39)37-17-14-23(21-37)20-36(4)16-8-6-7-11-26-13-12-24-10-9-15-34-31(24)35-26/h12-13,18-19,22-23,29H,5-11,14-17,20-21H2,1-4H3,(H,34,35)(H,38,39)/t23-,29?/m0/s1. The first-order chi connectivity index (χ1) is 19.3. The SMILES string of the molecule is CCOc1c(F)cc(C(C)C)cc1C(C(=O)O)N1CC[C@@H](CN(C)CCCCCc2ccc3c(n2)NCCC3)C1. The third-order valence-corrected chi connectivity index (χ3v) is 8.26. The smallest absolute Gasteiger partial charge is 0.325 e. The lowest BCUT2D eigenvalue weighted by atomic mass is 9.95. The molecule has 0 spiro atoms. The Morgan fingerprint density at radius 1 is 1.27 bits per heavy atom. The maximum absolute atomic E-state index is 15.0. The Bertz CT molecular complexity index is 1140. The number of aliphatic carboxylic acids is 1. The van der Waals surface area contributed by atoms with Crippen LogP contribution in [0.2, 0.25) is 0 Å². The van der Waals surface area contributed by atoms with Crippen LogP contribution in [0.3, 0.4) is 0 Å². The second-order valence-corrected chi connectivity index (χ2v) is 11.8. The van der Waals surface area contributed by atoms with E-state index in [-0.39, 0.29) is 18.3 Å². The highest BCUT2D eigenvalue weighted by molar-refractivity contribution is 5.77. The minimum Gasteiger partial charge on any atom is -0.490 e. The first-order valence-electron chi connectivity index (χ1n) is 15.1. The van der Waals surface area contributed by atoms with Crippen molar-refractivity contribution in [3.63, 3.8) is 0 Å². The van der Waals surface area contributed by atoms with Crippen molar-refractivity contribution < 1.29 is 19.0 Å². The lowest BCUT2D eigenvalue weighted by molar-refractivity contribution is -0.143. The largest absolute Gasteiger partial charge is 0.490 e. The van der Waals surface area contributed by atoms with Crippen LogP contribution < -0.4 is 10.1 Å². The van der Waals surface area contributed by atoms with Gasteiger partial charge in [-0.2, -0.15) is 0 Å². The molecule has 0 amide bonds. The molecule has 0 radical (unpaired) electrons. The van der Waals surface area contributed by atoms with Crippen LogP contribution in [-0.2, 0) is 17.6 Å². The Balaban J connectivity index is 1.26. The van der Waals surface area contributed by atoms with Gasteiger partial charge in [0.05, 0.1) is 6.61 Å². The third kappa shape index (κ3) is 7.72. The van der Waals surface area contributed by atoms with E-state index in [0.29, 0.717) is 24.6 Å². The van der Waals surface area contributed by atoms with E-state index in [9.17, 15) is 9.90 Å². The van der Waals surface area contributed by atoms with Crippen LogP contribution in [0.25, 0.3) is 0 Å². The van der Waals surface area contributed by atoms with Gasteiger partial charge in [0.1, 0.15) is 11.9 Å². The summed E-state index contributed by atoms with van der Waals surface area (Å²) in [6.07, 6.45) is 7.67. The van der Waals surface area contributed by atoms with Crippen molar-refractivity contribution >= 4 is 11.8 Å². The molecular formula is C32H47FN4O3. The number of nitrogens with one attached hydrogen (secondary N) is 1. The summed E-state index contributed by atoms with van der Waals surface area (Å²) in [5.41, 5.74) is 3.72. The van der Waals surface area contributed by atoms with E-state index < -0.39 is 17.8 Å². The maximum atomic E-state index is 15.0. The lowest BCUT2D eigenvalue weighted by Gasteiger charge is -2.28.